The van der Waals surface area contributed by atoms with E-state index in [0.29, 0.717) is 0 Å². The largest absolute Gasteiger partial charge is 0.338 e. The number of thiol groups is 2. The van der Waals surface area contributed by atoms with Crippen molar-refractivity contribution in [3.63, 3.8) is 0 Å². The fourth-order valence-corrected chi connectivity index (χ4v) is 2.88. The maximum atomic E-state index is 4.45. The molecule has 0 fully saturated rings. The summed E-state index contributed by atoms with van der Waals surface area (Å²) in [7, 11) is 0. The van der Waals surface area contributed by atoms with Crippen molar-refractivity contribution in [2.45, 2.75) is 9.79 Å². The lowest BCUT2D eigenvalue weighted by atomic mass is 10.2. The third kappa shape index (κ3) is 2.09. The van der Waals surface area contributed by atoms with Crippen molar-refractivity contribution in [2.75, 3.05) is 5.32 Å². The van der Waals surface area contributed by atoms with E-state index < -0.39 is 0 Å². The average molecular weight is 290 g/mol. The highest BCUT2D eigenvalue weighted by Crippen LogP contribution is 2.33. The Morgan fingerprint density at radius 2 is 1.83 bits per heavy atom. The Kier molecular flexibility index (Phi) is 3.20. The number of benzene rings is 2. The molecule has 0 bridgehead atoms. The smallest absolute Gasteiger partial charge is 0.152 e. The summed E-state index contributed by atoms with van der Waals surface area (Å²) in [5.74, 6) is 0.866. The number of hydrogen-bond acceptors (Lipinski definition) is 5. The Morgan fingerprint density at radius 3 is 2.72 bits per heavy atom. The van der Waals surface area contributed by atoms with Crippen LogP contribution < -0.4 is 5.32 Å². The molecule has 1 aromatic heterocycles. The molecule has 0 radical (unpaired) electrons. The van der Waals surface area contributed by atoms with Crippen molar-refractivity contribution < 1.29 is 0 Å². The molecule has 0 amide bonds. The second-order valence-corrected chi connectivity index (χ2v) is 5.56. The summed E-state index contributed by atoms with van der Waals surface area (Å²) in [6.45, 7) is 0. The number of nitrogens with one attached hydrogen (secondary N) is 1. The number of anilines is 2. The van der Waals surface area contributed by atoms with Gasteiger partial charge in [-0.05, 0) is 35.8 Å². The number of fused-ring (bicyclic) bond motifs is 1. The molecule has 18 heavy (non-hydrogen) atoms. The van der Waals surface area contributed by atoms with E-state index in [2.05, 4.69) is 47.1 Å². The van der Waals surface area contributed by atoms with Crippen molar-refractivity contribution in [1.29, 1.82) is 0 Å². The van der Waals surface area contributed by atoms with Gasteiger partial charge in [-0.3, -0.25) is 0 Å². The van der Waals surface area contributed by atoms with Crippen molar-refractivity contribution in [3.8, 4) is 0 Å². The van der Waals surface area contributed by atoms with E-state index in [1.165, 1.54) is 16.2 Å². The predicted molar refractivity (Wildman–Crippen MR) is 83.8 cm³/mol. The van der Waals surface area contributed by atoms with E-state index in [9.17, 15) is 0 Å². The Balaban J connectivity index is 2.04. The number of nitrogens with zero attached hydrogens (tertiary/aromatic N) is 1. The summed E-state index contributed by atoms with van der Waals surface area (Å²) in [6, 6.07) is 14.0. The lowest BCUT2D eigenvalue weighted by Crippen LogP contribution is -1.92. The van der Waals surface area contributed by atoms with Gasteiger partial charge in [0.05, 0.1) is 10.4 Å². The molecule has 0 aliphatic rings. The van der Waals surface area contributed by atoms with E-state index in [1.807, 2.05) is 30.3 Å². The minimum absolute atomic E-state index is 0.831. The molecule has 0 saturated carbocycles. The molecule has 0 aliphatic carbocycles. The third-order valence-electron chi connectivity index (χ3n) is 2.65. The zero-order valence-corrected chi connectivity index (χ0v) is 11.9. The zero-order chi connectivity index (χ0) is 12.5. The van der Waals surface area contributed by atoms with Crippen molar-refractivity contribution >= 4 is 58.4 Å². The molecule has 0 spiro atoms. The molecule has 0 unspecified atom stereocenters. The summed E-state index contributed by atoms with van der Waals surface area (Å²) < 4.78 is 5.60. The summed E-state index contributed by atoms with van der Waals surface area (Å²) in [5.41, 5.74) is 0.918. The molecule has 3 aromatic rings. The van der Waals surface area contributed by atoms with Crippen LogP contribution in [0.15, 0.2) is 52.3 Å². The minimum atomic E-state index is 0.831. The Bertz CT molecular complexity index is 706. The lowest BCUT2D eigenvalue weighted by Gasteiger charge is -2.08. The molecule has 90 valence electrons. The van der Waals surface area contributed by atoms with Crippen LogP contribution in [0.4, 0.5) is 11.5 Å². The van der Waals surface area contributed by atoms with Gasteiger partial charge in [0.1, 0.15) is 0 Å². The minimum Gasteiger partial charge on any atom is -0.338 e. The third-order valence-corrected chi connectivity index (χ3v) is 4.50. The van der Waals surface area contributed by atoms with E-state index in [4.69, 9.17) is 0 Å². The fourth-order valence-electron chi connectivity index (χ4n) is 1.74. The standard InChI is InChI=1S/C13H10N2S3/c16-10-6-3-5-9(12(10)17)14-13-8-4-1-2-7-11(8)18-15-13/h1-7,16-17H,(H,14,15). The van der Waals surface area contributed by atoms with Crippen molar-refractivity contribution in [2.24, 2.45) is 0 Å². The van der Waals surface area contributed by atoms with E-state index in [0.717, 1.165) is 26.7 Å². The summed E-state index contributed by atoms with van der Waals surface area (Å²) in [5, 5.41) is 4.43. The van der Waals surface area contributed by atoms with Gasteiger partial charge in [0.2, 0.25) is 0 Å². The van der Waals surface area contributed by atoms with Gasteiger partial charge in [0.15, 0.2) is 5.82 Å². The molecule has 0 aliphatic heterocycles. The molecule has 3 rings (SSSR count). The van der Waals surface area contributed by atoms with Gasteiger partial charge in [-0.1, -0.05) is 18.2 Å². The van der Waals surface area contributed by atoms with Gasteiger partial charge < -0.3 is 5.32 Å². The second-order valence-electron chi connectivity index (χ2n) is 3.83. The normalized spacial score (nSPS) is 10.8. The fraction of sp³-hybridized carbons (Fsp3) is 0. The molecule has 1 N–H and O–H groups in total. The van der Waals surface area contributed by atoms with Crippen LogP contribution in [0, 0.1) is 0 Å². The van der Waals surface area contributed by atoms with Crippen molar-refractivity contribution in [3.05, 3.63) is 42.5 Å². The van der Waals surface area contributed by atoms with Gasteiger partial charge in [-0.25, -0.2) is 0 Å². The predicted octanol–water partition coefficient (Wildman–Crippen LogP) is 4.62. The van der Waals surface area contributed by atoms with Crippen LogP contribution in [0.1, 0.15) is 0 Å². The summed E-state index contributed by atoms with van der Waals surface area (Å²) in [4.78, 5) is 1.68. The Morgan fingerprint density at radius 1 is 1.00 bits per heavy atom. The average Bonchev–Trinajstić information content (AvgIpc) is 2.79. The molecule has 0 atom stereocenters. The van der Waals surface area contributed by atoms with Gasteiger partial charge in [-0.2, -0.15) is 4.37 Å². The van der Waals surface area contributed by atoms with Crippen LogP contribution in [0.3, 0.4) is 0 Å². The highest BCUT2D eigenvalue weighted by atomic mass is 32.1. The number of aromatic nitrogens is 1. The first-order chi connectivity index (χ1) is 8.75. The molecule has 2 nitrogen and oxygen atoms in total. The lowest BCUT2D eigenvalue weighted by molar-refractivity contribution is 1.26. The van der Waals surface area contributed by atoms with Crippen LogP contribution in [0.5, 0.6) is 0 Å². The van der Waals surface area contributed by atoms with Gasteiger partial charge in [-0.15, -0.1) is 25.3 Å². The van der Waals surface area contributed by atoms with Crippen molar-refractivity contribution in [1.82, 2.24) is 4.37 Å². The van der Waals surface area contributed by atoms with E-state index >= 15 is 0 Å². The van der Waals surface area contributed by atoms with Crippen LogP contribution >= 0.6 is 36.8 Å². The van der Waals surface area contributed by atoms with Crippen LogP contribution in [-0.4, -0.2) is 4.37 Å². The number of hydrogen-bond donors (Lipinski definition) is 3. The SMILES string of the molecule is Sc1cccc(Nc2nsc3ccccc23)c1S. The van der Waals surface area contributed by atoms with Gasteiger partial charge in [0, 0.05) is 15.2 Å². The van der Waals surface area contributed by atoms with Crippen LogP contribution in [-0.2, 0) is 0 Å². The zero-order valence-electron chi connectivity index (χ0n) is 9.29. The highest BCUT2D eigenvalue weighted by Gasteiger charge is 2.08. The second kappa shape index (κ2) is 4.84. The van der Waals surface area contributed by atoms with E-state index in [-0.39, 0.29) is 0 Å². The molecule has 2 aromatic carbocycles. The van der Waals surface area contributed by atoms with Crippen LogP contribution in [0.25, 0.3) is 10.1 Å². The monoisotopic (exact) mass is 290 g/mol. The maximum absolute atomic E-state index is 4.45. The quantitative estimate of drug-likeness (QED) is 0.600. The van der Waals surface area contributed by atoms with Gasteiger partial charge >= 0.3 is 0 Å². The summed E-state index contributed by atoms with van der Waals surface area (Å²) >= 11 is 10.3. The first-order valence-corrected chi connectivity index (χ1v) is 7.05. The number of rotatable bonds is 2. The van der Waals surface area contributed by atoms with Crippen LogP contribution in [0.2, 0.25) is 0 Å². The van der Waals surface area contributed by atoms with E-state index in [1.54, 1.807) is 0 Å². The molecule has 1 heterocycles. The van der Waals surface area contributed by atoms with Gasteiger partial charge in [0.25, 0.3) is 0 Å². The first kappa shape index (κ1) is 11.9. The summed E-state index contributed by atoms with van der Waals surface area (Å²) in [6.07, 6.45) is 0. The molecule has 0 saturated heterocycles. The molecule has 5 heteroatoms. The first-order valence-electron chi connectivity index (χ1n) is 5.38. The Hall–Kier alpha value is -1.17. The Labute approximate surface area is 120 Å². The maximum Gasteiger partial charge on any atom is 0.152 e. The molecular formula is C13H10N2S3. The highest BCUT2D eigenvalue weighted by molar-refractivity contribution is 7.83. The molecular weight excluding hydrogens is 280 g/mol. The topological polar surface area (TPSA) is 24.9 Å².